The van der Waals surface area contributed by atoms with E-state index in [1.54, 1.807) is 0 Å². The van der Waals surface area contributed by atoms with Crippen LogP contribution < -0.4 is 0 Å². The summed E-state index contributed by atoms with van der Waals surface area (Å²) in [6.45, 7) is 6.47. The average molecular weight is 579 g/mol. The minimum atomic E-state index is -0.200. The van der Waals surface area contributed by atoms with E-state index in [1.807, 2.05) is 23.1 Å². The largest absolute Gasteiger partial charge is 0.488 e. The first-order valence-electron chi connectivity index (χ1n) is 13.9. The van der Waals surface area contributed by atoms with Gasteiger partial charge in [-0.2, -0.15) is 0 Å². The lowest BCUT2D eigenvalue weighted by molar-refractivity contribution is -0.139. The van der Waals surface area contributed by atoms with Gasteiger partial charge in [-0.05, 0) is 67.6 Å². The van der Waals surface area contributed by atoms with Crippen molar-refractivity contribution in [1.29, 1.82) is 0 Å². The Morgan fingerprint density at radius 3 is 2.42 bits per heavy atom. The predicted molar refractivity (Wildman–Crippen MR) is 150 cm³/mol. The number of carbonyl (C=O) groups excluding carboxylic acids is 2. The van der Waals surface area contributed by atoms with Gasteiger partial charge in [0.25, 0.3) is 5.91 Å². The van der Waals surface area contributed by atoms with Crippen molar-refractivity contribution < 1.29 is 14.3 Å². The van der Waals surface area contributed by atoms with E-state index in [1.165, 1.54) is 11.1 Å². The molecule has 2 amide bonds. The molecule has 200 valence electrons. The van der Waals surface area contributed by atoms with Crippen LogP contribution in [0, 0.1) is 11.3 Å². The molecule has 4 aliphatic heterocycles. The number of carbonyl (C=O) groups is 2. The molecule has 38 heavy (non-hydrogen) atoms. The van der Waals surface area contributed by atoms with Gasteiger partial charge in [-0.25, -0.2) is 0 Å². The molecule has 2 aromatic carbocycles. The van der Waals surface area contributed by atoms with E-state index in [0.717, 1.165) is 69.4 Å². The van der Waals surface area contributed by atoms with E-state index in [4.69, 9.17) is 4.74 Å². The maximum Gasteiger partial charge on any atom is 0.288 e. The van der Waals surface area contributed by atoms with Gasteiger partial charge in [-0.3, -0.25) is 9.59 Å². The third kappa shape index (κ3) is 5.15. The Bertz CT molecular complexity index is 1190. The second-order valence-corrected chi connectivity index (χ2v) is 12.3. The van der Waals surface area contributed by atoms with Crippen molar-refractivity contribution in [3.8, 4) is 0 Å². The lowest BCUT2D eigenvalue weighted by Crippen LogP contribution is -2.46. The van der Waals surface area contributed by atoms with Crippen LogP contribution >= 0.6 is 15.9 Å². The Hall–Kier alpha value is -2.64. The fourth-order valence-electron chi connectivity index (χ4n) is 6.84. The Morgan fingerprint density at radius 2 is 1.71 bits per heavy atom. The zero-order valence-electron chi connectivity index (χ0n) is 21.9. The van der Waals surface area contributed by atoms with Gasteiger partial charge >= 0.3 is 0 Å². The fraction of sp³-hybridized carbons (Fsp3) is 0.484. The molecule has 2 aromatic rings. The Balaban J connectivity index is 1.09. The summed E-state index contributed by atoms with van der Waals surface area (Å²) in [5.41, 5.74) is 2.29. The Morgan fingerprint density at radius 1 is 0.974 bits per heavy atom. The molecule has 6 rings (SSSR count). The normalized spacial score (nSPS) is 25.2. The maximum atomic E-state index is 13.5. The quantitative estimate of drug-likeness (QED) is 0.494. The smallest absolute Gasteiger partial charge is 0.288 e. The molecule has 0 aliphatic carbocycles. The highest BCUT2D eigenvalue weighted by Gasteiger charge is 2.48. The van der Waals surface area contributed by atoms with Crippen LogP contribution in [0.2, 0.25) is 0 Å². The number of hydrogen-bond donors (Lipinski definition) is 0. The number of nitrogens with zero attached hydrogens (tertiary/aromatic N) is 3. The van der Waals surface area contributed by atoms with Crippen LogP contribution in [0.1, 0.15) is 42.7 Å². The third-order valence-corrected chi connectivity index (χ3v) is 9.59. The van der Waals surface area contributed by atoms with Crippen molar-refractivity contribution >= 4 is 27.7 Å². The molecule has 3 fully saturated rings. The van der Waals surface area contributed by atoms with Crippen LogP contribution in [0.25, 0.3) is 0 Å². The van der Waals surface area contributed by atoms with Crippen LogP contribution in [-0.4, -0.2) is 72.4 Å². The topological polar surface area (TPSA) is 53.1 Å². The highest BCUT2D eigenvalue weighted by Crippen LogP contribution is 2.43. The summed E-state index contributed by atoms with van der Waals surface area (Å²) in [6, 6.07) is 18.9. The lowest BCUT2D eigenvalue weighted by Gasteiger charge is -2.39. The molecular weight excluding hydrogens is 542 g/mol. The number of amides is 2. The van der Waals surface area contributed by atoms with E-state index >= 15 is 0 Å². The predicted octanol–water partition coefficient (Wildman–Crippen LogP) is 4.81. The molecule has 4 aliphatic rings. The molecular formula is C31H36BrN3O3. The highest BCUT2D eigenvalue weighted by molar-refractivity contribution is 9.10. The number of halogens is 1. The van der Waals surface area contributed by atoms with Gasteiger partial charge in [-0.1, -0.05) is 58.4 Å². The Labute approximate surface area is 233 Å². The molecule has 1 spiro atoms. The van der Waals surface area contributed by atoms with Crippen molar-refractivity contribution in [3.05, 3.63) is 82.0 Å². The van der Waals surface area contributed by atoms with Gasteiger partial charge in [0.2, 0.25) is 5.91 Å². The maximum absolute atomic E-state index is 13.5. The van der Waals surface area contributed by atoms with Crippen molar-refractivity contribution in [2.45, 2.75) is 38.1 Å². The van der Waals surface area contributed by atoms with Crippen LogP contribution in [0.3, 0.4) is 0 Å². The number of piperidine rings is 1. The minimum Gasteiger partial charge on any atom is -0.488 e. The van der Waals surface area contributed by atoms with E-state index < -0.39 is 0 Å². The second kappa shape index (κ2) is 10.9. The fourth-order valence-corrected chi connectivity index (χ4v) is 7.10. The molecule has 3 saturated heterocycles. The van der Waals surface area contributed by atoms with Crippen LogP contribution in [-0.2, 0) is 20.9 Å². The minimum absolute atomic E-state index is 0.0333. The number of rotatable bonds is 6. The van der Waals surface area contributed by atoms with Gasteiger partial charge in [0.05, 0.1) is 12.0 Å². The van der Waals surface area contributed by atoms with Crippen LogP contribution in [0.4, 0.5) is 0 Å². The zero-order chi connectivity index (χ0) is 26.1. The van der Waals surface area contributed by atoms with Crippen LogP contribution in [0.5, 0.6) is 0 Å². The number of ether oxygens (including phenoxy) is 1. The number of hydrogen-bond acceptors (Lipinski definition) is 4. The second-order valence-electron chi connectivity index (χ2n) is 11.4. The van der Waals surface area contributed by atoms with Gasteiger partial charge in [-0.15, -0.1) is 0 Å². The van der Waals surface area contributed by atoms with Gasteiger partial charge in [0, 0.05) is 49.5 Å². The summed E-state index contributed by atoms with van der Waals surface area (Å²) >= 11 is 3.49. The van der Waals surface area contributed by atoms with Crippen molar-refractivity contribution in [2.75, 3.05) is 45.9 Å². The Kier molecular flexibility index (Phi) is 7.32. The van der Waals surface area contributed by atoms with Crippen molar-refractivity contribution in [3.63, 3.8) is 0 Å². The molecule has 0 N–H and O–H groups in total. The van der Waals surface area contributed by atoms with Gasteiger partial charge < -0.3 is 19.4 Å². The van der Waals surface area contributed by atoms with E-state index in [0.29, 0.717) is 36.7 Å². The highest BCUT2D eigenvalue weighted by atomic mass is 79.9. The van der Waals surface area contributed by atoms with E-state index in [-0.39, 0.29) is 11.3 Å². The average Bonchev–Trinajstić information content (AvgIpc) is 3.69. The zero-order valence-corrected chi connectivity index (χ0v) is 23.4. The monoisotopic (exact) mass is 577 g/mol. The SMILES string of the molecule is O=C(C1=CCCO1)N1C[C@H](CN2CCC3(CC2)CCN(Cc2ccc(Br)cc2)C3=O)[C@@H](c2ccccc2)C1. The summed E-state index contributed by atoms with van der Waals surface area (Å²) in [7, 11) is 0. The lowest BCUT2D eigenvalue weighted by atomic mass is 9.76. The van der Waals surface area contributed by atoms with E-state index in [2.05, 4.69) is 68.2 Å². The van der Waals surface area contributed by atoms with Gasteiger partial charge in [0.1, 0.15) is 0 Å². The van der Waals surface area contributed by atoms with Crippen LogP contribution in [0.15, 0.2) is 70.9 Å². The summed E-state index contributed by atoms with van der Waals surface area (Å²) < 4.78 is 6.65. The van der Waals surface area contributed by atoms with Crippen molar-refractivity contribution in [1.82, 2.24) is 14.7 Å². The summed E-state index contributed by atoms with van der Waals surface area (Å²) in [5, 5.41) is 0. The summed E-state index contributed by atoms with van der Waals surface area (Å²) in [6.07, 6.45) is 5.55. The number of benzene rings is 2. The molecule has 2 atom stereocenters. The molecule has 7 heteroatoms. The molecule has 0 radical (unpaired) electrons. The molecule has 0 saturated carbocycles. The molecule has 4 heterocycles. The first-order chi connectivity index (χ1) is 18.5. The summed E-state index contributed by atoms with van der Waals surface area (Å²) in [5.74, 6) is 1.57. The molecule has 6 nitrogen and oxygen atoms in total. The third-order valence-electron chi connectivity index (χ3n) is 9.07. The first kappa shape index (κ1) is 25.6. The molecule has 0 aromatic heterocycles. The first-order valence-corrected chi connectivity index (χ1v) is 14.7. The number of likely N-dealkylation sites (tertiary alicyclic amines) is 3. The molecule has 0 bridgehead atoms. The van der Waals surface area contributed by atoms with Gasteiger partial charge in [0.15, 0.2) is 5.76 Å². The summed E-state index contributed by atoms with van der Waals surface area (Å²) in [4.78, 5) is 33.2. The standard InChI is InChI=1S/C31H36BrN3O3/c32-26-10-8-23(9-11-26)19-34-17-14-31(30(34)37)12-15-33(16-13-31)20-25-21-35(29(36)28-7-4-18-38-28)22-27(25)24-5-2-1-3-6-24/h1-3,5-11,25,27H,4,12-22H2/t25-,27+/m0/s1. The van der Waals surface area contributed by atoms with Crippen molar-refractivity contribution in [2.24, 2.45) is 11.3 Å². The van der Waals surface area contributed by atoms with E-state index in [9.17, 15) is 9.59 Å². The molecule has 0 unspecified atom stereocenters.